The molecule has 0 aliphatic rings. The molecule has 0 saturated carbocycles. The van der Waals surface area contributed by atoms with Crippen molar-refractivity contribution in [1.29, 1.82) is 5.41 Å². The molecular weight excluding hydrogens is 383 g/mol. The molecule has 0 saturated heterocycles. The van der Waals surface area contributed by atoms with Crippen LogP contribution in [-0.2, 0) is 32.7 Å². The maximum Gasteiger partial charge on any atom is 0.376 e. The summed E-state index contributed by atoms with van der Waals surface area (Å²) < 4.78 is 25.5. The molecule has 0 spiro atoms. The van der Waals surface area contributed by atoms with Crippen molar-refractivity contribution in [2.24, 2.45) is 5.73 Å². The lowest BCUT2D eigenvalue weighted by atomic mass is 10.2. The summed E-state index contributed by atoms with van der Waals surface area (Å²) in [6, 6.07) is 0. The van der Waals surface area contributed by atoms with Crippen LogP contribution in [0.4, 0.5) is 0 Å². The second kappa shape index (κ2) is 10.2. The third-order valence-electron chi connectivity index (χ3n) is 2.94. The summed E-state index contributed by atoms with van der Waals surface area (Å²) in [7, 11) is 1.38. The molecular formula is C14H27N4O8P. The van der Waals surface area contributed by atoms with Gasteiger partial charge in [0, 0.05) is 13.5 Å². The number of nitrogens with one attached hydrogen (secondary N) is 1. The Morgan fingerprint density at radius 3 is 2.15 bits per heavy atom. The van der Waals surface area contributed by atoms with Crippen LogP contribution in [0.25, 0.3) is 0 Å². The van der Waals surface area contributed by atoms with E-state index in [9.17, 15) is 23.8 Å². The molecule has 13 heteroatoms. The molecule has 0 rings (SSSR count). The number of nitrogens with two attached hydrogens (primary N) is 1. The molecule has 12 nitrogen and oxygen atoms in total. The van der Waals surface area contributed by atoms with Crippen molar-refractivity contribution in [2.75, 3.05) is 41.3 Å². The van der Waals surface area contributed by atoms with Crippen molar-refractivity contribution in [3.05, 3.63) is 0 Å². The van der Waals surface area contributed by atoms with E-state index in [-0.39, 0.29) is 13.0 Å². The quantitative estimate of drug-likeness (QED) is 0.146. The lowest BCUT2D eigenvalue weighted by Gasteiger charge is -2.29. The highest BCUT2D eigenvalue weighted by molar-refractivity contribution is 7.47. The van der Waals surface area contributed by atoms with Gasteiger partial charge in [0.05, 0.1) is 27.6 Å². The van der Waals surface area contributed by atoms with Gasteiger partial charge in [-0.25, -0.2) is 9.36 Å². The summed E-state index contributed by atoms with van der Waals surface area (Å²) in [6.07, 6.45) is -1.35. The first-order valence-corrected chi connectivity index (χ1v) is 9.42. The third-order valence-corrected chi connectivity index (χ3v) is 3.79. The van der Waals surface area contributed by atoms with E-state index in [4.69, 9.17) is 15.9 Å². The third kappa shape index (κ3) is 11.9. The summed E-state index contributed by atoms with van der Waals surface area (Å²) in [6.45, 7) is 1.18. The first-order chi connectivity index (χ1) is 12.1. The molecule has 0 aliphatic carbocycles. The first kappa shape index (κ1) is 24.8. The van der Waals surface area contributed by atoms with Gasteiger partial charge in [-0.2, -0.15) is 0 Å². The number of hydrogen-bond donors (Lipinski definition) is 2. The Bertz CT molecular complexity index is 619. The number of likely N-dealkylation sites (N-methyl/N-ethyl adjacent to an activating group) is 2. The van der Waals surface area contributed by atoms with Crippen LogP contribution in [0.2, 0.25) is 0 Å². The zero-order valence-corrected chi connectivity index (χ0v) is 17.0. The number of esters is 1. The average Bonchev–Trinajstić information content (AvgIpc) is 2.42. The Kier molecular flexibility index (Phi) is 9.42. The maximum absolute atomic E-state index is 11.9. The minimum atomic E-state index is -5.27. The van der Waals surface area contributed by atoms with E-state index in [1.165, 1.54) is 7.05 Å². The predicted molar refractivity (Wildman–Crippen MR) is 92.0 cm³/mol. The van der Waals surface area contributed by atoms with Gasteiger partial charge in [-0.05, 0) is 0 Å². The van der Waals surface area contributed by atoms with Crippen molar-refractivity contribution in [2.45, 2.75) is 25.9 Å². The predicted octanol–water partition coefficient (Wildman–Crippen LogP) is -1.22. The van der Waals surface area contributed by atoms with Crippen LogP contribution < -0.4 is 10.6 Å². The smallest absolute Gasteiger partial charge is 0.376 e. The van der Waals surface area contributed by atoms with Crippen LogP contribution in [0.3, 0.4) is 0 Å². The Hall–Kier alpha value is -2.17. The summed E-state index contributed by atoms with van der Waals surface area (Å²) in [5, 5.41) is 7.08. The van der Waals surface area contributed by atoms with Gasteiger partial charge in [-0.15, -0.1) is 0 Å². The summed E-state index contributed by atoms with van der Waals surface area (Å²) in [5.74, 6) is -3.54. The van der Waals surface area contributed by atoms with E-state index >= 15 is 0 Å². The molecule has 0 aromatic rings. The van der Waals surface area contributed by atoms with Gasteiger partial charge in [0.1, 0.15) is 13.1 Å². The summed E-state index contributed by atoms with van der Waals surface area (Å²) in [4.78, 5) is 47.5. The molecule has 0 aromatic carbocycles. The number of carbonyl (C=O) groups is 3. The molecule has 0 radical (unpaired) electrons. The number of ether oxygens (including phenoxy) is 1. The van der Waals surface area contributed by atoms with Gasteiger partial charge < -0.3 is 33.8 Å². The highest BCUT2D eigenvalue weighted by Gasteiger charge is 2.28. The molecule has 27 heavy (non-hydrogen) atoms. The fourth-order valence-corrected chi connectivity index (χ4v) is 2.49. The normalized spacial score (nSPS) is 14.4. The SMILES string of the molecule is CCC(=O)O[C@H](CC(=O)OP(=O)([O-])OC(=O)CN(C)C(=N)N)C[N+](C)(C)C. The highest BCUT2D eigenvalue weighted by atomic mass is 31.2. The van der Waals surface area contributed by atoms with E-state index in [2.05, 4.69) is 9.05 Å². The zero-order chi connectivity index (χ0) is 21.4. The molecule has 2 atom stereocenters. The Balaban J connectivity index is 4.84. The maximum atomic E-state index is 11.9. The van der Waals surface area contributed by atoms with Crippen LogP contribution in [0.15, 0.2) is 0 Å². The standard InChI is InChI=1S/C14H27N4O8P/c1-6-11(19)24-10(9-18(3,4)5)7-12(20)25-27(22,23)26-13(21)8-17(2)14(15)16/h10H,6-9H2,1-5H3,(H3-,15,16,22,23)/t10-/m1/s1. The van der Waals surface area contributed by atoms with Gasteiger partial charge in [-0.1, -0.05) is 6.92 Å². The molecule has 0 heterocycles. The van der Waals surface area contributed by atoms with Crippen molar-refractivity contribution >= 4 is 31.7 Å². The summed E-state index contributed by atoms with van der Waals surface area (Å²) >= 11 is 0. The topological polar surface area (TPSA) is 172 Å². The second-order valence-corrected chi connectivity index (χ2v) is 8.02. The lowest BCUT2D eigenvalue weighted by Crippen LogP contribution is -2.44. The van der Waals surface area contributed by atoms with Crippen LogP contribution in [-0.4, -0.2) is 80.6 Å². The number of nitrogens with zero attached hydrogens (tertiary/aromatic N) is 2. The summed E-state index contributed by atoms with van der Waals surface area (Å²) in [5.41, 5.74) is 5.11. The largest absolute Gasteiger partial charge is 0.736 e. The second-order valence-electron chi connectivity index (χ2n) is 6.76. The molecule has 3 N–H and O–H groups in total. The van der Waals surface area contributed by atoms with Crippen molar-refractivity contribution in [3.63, 3.8) is 0 Å². The van der Waals surface area contributed by atoms with E-state index in [0.717, 1.165) is 4.90 Å². The molecule has 0 bridgehead atoms. The van der Waals surface area contributed by atoms with E-state index in [1.54, 1.807) is 28.1 Å². The number of phosphoric ester groups is 1. The van der Waals surface area contributed by atoms with E-state index in [1.807, 2.05) is 0 Å². The number of carbonyl (C=O) groups excluding carboxylic acids is 3. The molecule has 0 amide bonds. The van der Waals surface area contributed by atoms with Gasteiger partial charge in [0.25, 0.3) is 0 Å². The van der Waals surface area contributed by atoms with Crippen LogP contribution in [0.5, 0.6) is 0 Å². The van der Waals surface area contributed by atoms with Crippen LogP contribution in [0, 0.1) is 5.41 Å². The number of quaternary nitrogens is 1. The minimum Gasteiger partial charge on any atom is -0.736 e. The first-order valence-electron chi connectivity index (χ1n) is 7.96. The van der Waals surface area contributed by atoms with E-state index in [0.29, 0.717) is 4.48 Å². The number of rotatable bonds is 10. The van der Waals surface area contributed by atoms with Crippen molar-refractivity contribution in [3.8, 4) is 0 Å². The number of phosphoric acid groups is 1. The molecule has 0 aliphatic heterocycles. The fourth-order valence-electron chi connectivity index (χ4n) is 1.82. The number of hydrogen-bond acceptors (Lipinski definition) is 9. The molecule has 156 valence electrons. The Labute approximate surface area is 157 Å². The van der Waals surface area contributed by atoms with Gasteiger partial charge >= 0.3 is 25.7 Å². The average molecular weight is 410 g/mol. The van der Waals surface area contributed by atoms with Crippen molar-refractivity contribution < 1.29 is 42.1 Å². The number of guanidine groups is 1. The van der Waals surface area contributed by atoms with Crippen LogP contribution in [0.1, 0.15) is 19.8 Å². The monoisotopic (exact) mass is 410 g/mol. The highest BCUT2D eigenvalue weighted by Crippen LogP contribution is 2.39. The fraction of sp³-hybridized carbons (Fsp3) is 0.714. The lowest BCUT2D eigenvalue weighted by molar-refractivity contribution is -0.873. The van der Waals surface area contributed by atoms with Gasteiger partial charge in [0.2, 0.25) is 0 Å². The van der Waals surface area contributed by atoms with E-state index < -0.39 is 50.8 Å². The van der Waals surface area contributed by atoms with Crippen molar-refractivity contribution in [1.82, 2.24) is 4.90 Å². The molecule has 1 unspecified atom stereocenters. The molecule has 0 fully saturated rings. The minimum absolute atomic E-state index is 0.0873. The molecule has 0 aromatic heterocycles. The Morgan fingerprint density at radius 1 is 1.19 bits per heavy atom. The Morgan fingerprint density at radius 2 is 1.70 bits per heavy atom. The zero-order valence-electron chi connectivity index (χ0n) is 16.1. The van der Waals surface area contributed by atoms with Crippen LogP contribution >= 0.6 is 7.82 Å². The van der Waals surface area contributed by atoms with Gasteiger partial charge in [0.15, 0.2) is 12.1 Å². The van der Waals surface area contributed by atoms with Gasteiger partial charge in [-0.3, -0.25) is 15.0 Å².